The van der Waals surface area contributed by atoms with Crippen LogP contribution in [0.1, 0.15) is 16.8 Å². The second-order valence-electron chi connectivity index (χ2n) is 4.56. The lowest BCUT2D eigenvalue weighted by Crippen LogP contribution is -2.30. The lowest BCUT2D eigenvalue weighted by Gasteiger charge is -2.17. The highest BCUT2D eigenvalue weighted by molar-refractivity contribution is 6.43. The molecule has 1 amide bonds. The molecule has 98 valence electrons. The number of hydrogen-bond donors (Lipinski definition) is 1. The van der Waals surface area contributed by atoms with Crippen LogP contribution in [0.2, 0.25) is 10.0 Å². The zero-order valence-corrected chi connectivity index (χ0v) is 11.8. The average Bonchev–Trinajstić information content (AvgIpc) is 2.81. The van der Waals surface area contributed by atoms with Gasteiger partial charge in [0.1, 0.15) is 0 Å². The van der Waals surface area contributed by atoms with Crippen molar-refractivity contribution in [3.63, 3.8) is 0 Å². The molecule has 0 saturated carbocycles. The first-order valence-electron chi connectivity index (χ1n) is 6.01. The van der Waals surface area contributed by atoms with E-state index in [-0.39, 0.29) is 5.91 Å². The predicted molar refractivity (Wildman–Crippen MR) is 74.4 cm³/mol. The molecule has 0 spiro atoms. The zero-order chi connectivity index (χ0) is 13.1. The second kappa shape index (κ2) is 5.91. The predicted octanol–water partition coefficient (Wildman–Crippen LogP) is 2.67. The van der Waals surface area contributed by atoms with Gasteiger partial charge in [0, 0.05) is 13.1 Å². The third kappa shape index (κ3) is 2.79. The van der Waals surface area contributed by atoms with E-state index in [0.717, 1.165) is 26.1 Å². The van der Waals surface area contributed by atoms with Crippen LogP contribution in [0.5, 0.6) is 0 Å². The number of nitrogens with one attached hydrogen (secondary N) is 1. The van der Waals surface area contributed by atoms with Crippen molar-refractivity contribution in [2.24, 2.45) is 5.92 Å². The molecule has 0 radical (unpaired) electrons. The minimum absolute atomic E-state index is 0.0268. The van der Waals surface area contributed by atoms with Gasteiger partial charge in [0.25, 0.3) is 5.91 Å². The molecule has 0 bridgehead atoms. The fourth-order valence-corrected chi connectivity index (χ4v) is 2.69. The maximum atomic E-state index is 12.3. The molecule has 0 unspecified atom stereocenters. The molecule has 1 aromatic rings. The minimum Gasteiger partial charge on any atom is -0.338 e. The molecule has 0 aromatic heterocycles. The molecule has 2 rings (SSSR count). The maximum absolute atomic E-state index is 12.3. The highest BCUT2D eigenvalue weighted by atomic mass is 35.5. The van der Waals surface area contributed by atoms with Gasteiger partial charge in [0.15, 0.2) is 0 Å². The molecule has 1 aliphatic heterocycles. The van der Waals surface area contributed by atoms with Crippen molar-refractivity contribution in [2.75, 3.05) is 26.7 Å². The Balaban J connectivity index is 2.11. The van der Waals surface area contributed by atoms with Crippen molar-refractivity contribution in [1.29, 1.82) is 0 Å². The van der Waals surface area contributed by atoms with E-state index < -0.39 is 0 Å². The van der Waals surface area contributed by atoms with Gasteiger partial charge in [-0.2, -0.15) is 0 Å². The first kappa shape index (κ1) is 13.7. The van der Waals surface area contributed by atoms with Crippen LogP contribution in [-0.4, -0.2) is 37.5 Å². The highest BCUT2D eigenvalue weighted by Gasteiger charge is 2.27. The molecule has 1 saturated heterocycles. The summed E-state index contributed by atoms with van der Waals surface area (Å²) in [7, 11) is 1.93. The number of amides is 1. The summed E-state index contributed by atoms with van der Waals surface area (Å²) >= 11 is 12.0. The van der Waals surface area contributed by atoms with Crippen molar-refractivity contribution in [3.05, 3.63) is 33.8 Å². The molecule has 3 nitrogen and oxygen atoms in total. The van der Waals surface area contributed by atoms with Gasteiger partial charge in [-0.1, -0.05) is 29.3 Å². The summed E-state index contributed by atoms with van der Waals surface area (Å²) in [6.07, 6.45) is 1.03. The van der Waals surface area contributed by atoms with Gasteiger partial charge in [0.05, 0.1) is 15.6 Å². The largest absolute Gasteiger partial charge is 0.338 e. The van der Waals surface area contributed by atoms with Crippen LogP contribution in [0, 0.1) is 5.92 Å². The Morgan fingerprint density at radius 3 is 3.00 bits per heavy atom. The Bertz CT molecular complexity index is 451. The summed E-state index contributed by atoms with van der Waals surface area (Å²) in [5, 5.41) is 3.92. The van der Waals surface area contributed by atoms with E-state index in [2.05, 4.69) is 5.32 Å². The van der Waals surface area contributed by atoms with E-state index in [1.165, 1.54) is 0 Å². The third-order valence-corrected chi connectivity index (χ3v) is 4.07. The molecular weight excluding hydrogens is 271 g/mol. The van der Waals surface area contributed by atoms with Crippen molar-refractivity contribution >= 4 is 29.1 Å². The van der Waals surface area contributed by atoms with Crippen LogP contribution in [0.25, 0.3) is 0 Å². The number of rotatable bonds is 3. The van der Waals surface area contributed by atoms with Gasteiger partial charge >= 0.3 is 0 Å². The SMILES string of the molecule is CNC[C@@H]1CCN(C(=O)c2cccc(Cl)c2Cl)C1. The lowest BCUT2D eigenvalue weighted by atomic mass is 10.1. The van der Waals surface area contributed by atoms with E-state index in [9.17, 15) is 4.79 Å². The van der Waals surface area contributed by atoms with Crippen LogP contribution >= 0.6 is 23.2 Å². The van der Waals surface area contributed by atoms with E-state index in [1.54, 1.807) is 18.2 Å². The normalized spacial score (nSPS) is 19.3. The Hall–Kier alpha value is -0.770. The van der Waals surface area contributed by atoms with E-state index in [1.807, 2.05) is 11.9 Å². The van der Waals surface area contributed by atoms with Crippen LogP contribution in [0.15, 0.2) is 18.2 Å². The Labute approximate surface area is 117 Å². The van der Waals surface area contributed by atoms with Crippen molar-refractivity contribution in [1.82, 2.24) is 10.2 Å². The number of nitrogens with zero attached hydrogens (tertiary/aromatic N) is 1. The molecule has 1 heterocycles. The van der Waals surface area contributed by atoms with Gasteiger partial charge in [-0.25, -0.2) is 0 Å². The fourth-order valence-electron chi connectivity index (χ4n) is 2.31. The molecule has 1 aliphatic rings. The van der Waals surface area contributed by atoms with Gasteiger partial charge < -0.3 is 10.2 Å². The van der Waals surface area contributed by atoms with Crippen LogP contribution in [0.3, 0.4) is 0 Å². The first-order valence-corrected chi connectivity index (χ1v) is 6.77. The molecule has 18 heavy (non-hydrogen) atoms. The quantitative estimate of drug-likeness (QED) is 0.927. The highest BCUT2D eigenvalue weighted by Crippen LogP contribution is 2.28. The smallest absolute Gasteiger partial charge is 0.255 e. The number of benzene rings is 1. The molecule has 1 atom stereocenters. The summed E-state index contributed by atoms with van der Waals surface area (Å²) in [5.74, 6) is 0.498. The van der Waals surface area contributed by atoms with E-state index in [0.29, 0.717) is 21.5 Å². The van der Waals surface area contributed by atoms with Crippen LogP contribution in [-0.2, 0) is 0 Å². The Morgan fingerprint density at radius 1 is 1.50 bits per heavy atom. The standard InChI is InChI=1S/C13H16Cl2N2O/c1-16-7-9-5-6-17(8-9)13(18)10-3-2-4-11(14)12(10)15/h2-4,9,16H,5-8H2,1H3/t9-/m0/s1. The first-order chi connectivity index (χ1) is 8.63. The van der Waals surface area contributed by atoms with Gasteiger partial charge in [-0.3, -0.25) is 4.79 Å². The fraction of sp³-hybridized carbons (Fsp3) is 0.462. The summed E-state index contributed by atoms with van der Waals surface area (Å²) in [6, 6.07) is 5.17. The summed E-state index contributed by atoms with van der Waals surface area (Å²) in [5.41, 5.74) is 0.495. The van der Waals surface area contributed by atoms with E-state index >= 15 is 0 Å². The van der Waals surface area contributed by atoms with Crippen LogP contribution in [0.4, 0.5) is 0 Å². The van der Waals surface area contributed by atoms with E-state index in [4.69, 9.17) is 23.2 Å². The molecule has 0 aliphatic carbocycles. The summed E-state index contributed by atoms with van der Waals surface area (Å²) in [6.45, 7) is 2.50. The molecular formula is C13H16Cl2N2O. The summed E-state index contributed by atoms with van der Waals surface area (Å²) < 4.78 is 0. The molecule has 1 N–H and O–H groups in total. The molecule has 1 fully saturated rings. The number of likely N-dealkylation sites (tertiary alicyclic amines) is 1. The summed E-state index contributed by atoms with van der Waals surface area (Å²) in [4.78, 5) is 14.2. The zero-order valence-electron chi connectivity index (χ0n) is 10.2. The maximum Gasteiger partial charge on any atom is 0.255 e. The third-order valence-electron chi connectivity index (χ3n) is 3.25. The van der Waals surface area contributed by atoms with Gasteiger partial charge in [-0.15, -0.1) is 0 Å². The average molecular weight is 287 g/mol. The van der Waals surface area contributed by atoms with Crippen LogP contribution < -0.4 is 5.32 Å². The molecule has 5 heteroatoms. The number of carbonyl (C=O) groups excluding carboxylic acids is 1. The van der Waals surface area contributed by atoms with Gasteiger partial charge in [-0.05, 0) is 38.1 Å². The lowest BCUT2D eigenvalue weighted by molar-refractivity contribution is 0.0787. The minimum atomic E-state index is -0.0268. The topological polar surface area (TPSA) is 32.3 Å². The molecule has 1 aromatic carbocycles. The number of carbonyl (C=O) groups is 1. The van der Waals surface area contributed by atoms with Crippen molar-refractivity contribution in [2.45, 2.75) is 6.42 Å². The van der Waals surface area contributed by atoms with Crippen molar-refractivity contribution in [3.8, 4) is 0 Å². The Kier molecular flexibility index (Phi) is 4.49. The van der Waals surface area contributed by atoms with Gasteiger partial charge in [0.2, 0.25) is 0 Å². The Morgan fingerprint density at radius 2 is 2.28 bits per heavy atom. The van der Waals surface area contributed by atoms with Crippen molar-refractivity contribution < 1.29 is 4.79 Å². The number of hydrogen-bond acceptors (Lipinski definition) is 2. The number of halogens is 2. The monoisotopic (exact) mass is 286 g/mol. The second-order valence-corrected chi connectivity index (χ2v) is 5.35.